The third-order valence-corrected chi connectivity index (χ3v) is 5.43. The Labute approximate surface area is 177 Å². The molecule has 6 heteroatoms. The first-order valence-electron chi connectivity index (χ1n) is 10.5. The summed E-state index contributed by atoms with van der Waals surface area (Å²) in [7, 11) is 0. The summed E-state index contributed by atoms with van der Waals surface area (Å²) in [6, 6.07) is 15.2. The highest BCUT2D eigenvalue weighted by atomic mass is 19.1. The van der Waals surface area contributed by atoms with Crippen LogP contribution in [0.5, 0.6) is 0 Å². The first-order chi connectivity index (χ1) is 14.5. The molecule has 1 saturated heterocycles. The number of amides is 2. The third-order valence-electron chi connectivity index (χ3n) is 5.43. The third kappa shape index (κ3) is 6.39. The molecule has 160 valence electrons. The Morgan fingerprint density at radius 3 is 2.53 bits per heavy atom. The van der Waals surface area contributed by atoms with Crippen LogP contribution in [0.2, 0.25) is 0 Å². The van der Waals surface area contributed by atoms with Crippen LogP contribution in [-0.2, 0) is 27.3 Å². The van der Waals surface area contributed by atoms with Gasteiger partial charge in [-0.05, 0) is 49.4 Å². The molecule has 0 saturated carbocycles. The number of nitrogens with one attached hydrogen (secondary N) is 1. The highest BCUT2D eigenvalue weighted by Gasteiger charge is 2.27. The summed E-state index contributed by atoms with van der Waals surface area (Å²) in [5.74, 6) is -0.647. The molecular formula is C24H29FN2O3. The van der Waals surface area contributed by atoms with Crippen LogP contribution in [0.3, 0.4) is 0 Å². The predicted molar refractivity (Wildman–Crippen MR) is 113 cm³/mol. The van der Waals surface area contributed by atoms with Crippen LogP contribution >= 0.6 is 0 Å². The minimum absolute atomic E-state index is 0.0421. The van der Waals surface area contributed by atoms with Gasteiger partial charge in [0.25, 0.3) is 0 Å². The lowest BCUT2D eigenvalue weighted by Crippen LogP contribution is -2.49. The van der Waals surface area contributed by atoms with Gasteiger partial charge in [-0.2, -0.15) is 0 Å². The molecule has 2 unspecified atom stereocenters. The fourth-order valence-corrected chi connectivity index (χ4v) is 3.58. The number of rotatable bonds is 9. The average molecular weight is 413 g/mol. The molecule has 0 aromatic heterocycles. The molecule has 1 fully saturated rings. The van der Waals surface area contributed by atoms with Crippen LogP contribution in [0.25, 0.3) is 0 Å². The normalized spacial score (nSPS) is 16.8. The molecule has 1 aliphatic rings. The molecule has 1 heterocycles. The Kier molecular flexibility index (Phi) is 7.97. The van der Waals surface area contributed by atoms with Gasteiger partial charge in [-0.25, -0.2) is 4.39 Å². The first kappa shape index (κ1) is 22.0. The van der Waals surface area contributed by atoms with E-state index in [-0.39, 0.29) is 30.3 Å². The molecule has 1 aliphatic heterocycles. The lowest BCUT2D eigenvalue weighted by molar-refractivity contribution is -0.140. The van der Waals surface area contributed by atoms with Gasteiger partial charge in [-0.1, -0.05) is 42.5 Å². The molecule has 2 atom stereocenters. The highest BCUT2D eigenvalue weighted by Crippen LogP contribution is 2.15. The zero-order valence-electron chi connectivity index (χ0n) is 17.4. The van der Waals surface area contributed by atoms with E-state index in [1.807, 2.05) is 30.3 Å². The van der Waals surface area contributed by atoms with E-state index in [1.54, 1.807) is 24.0 Å². The van der Waals surface area contributed by atoms with E-state index in [0.717, 1.165) is 30.6 Å². The lowest BCUT2D eigenvalue weighted by atomic mass is 10.1. The Hall–Kier alpha value is -2.73. The van der Waals surface area contributed by atoms with E-state index >= 15 is 0 Å². The van der Waals surface area contributed by atoms with Crippen LogP contribution in [0.4, 0.5) is 4.39 Å². The van der Waals surface area contributed by atoms with Crippen molar-refractivity contribution in [3.05, 3.63) is 71.5 Å². The number of halogens is 1. The van der Waals surface area contributed by atoms with Crippen LogP contribution in [0, 0.1) is 5.82 Å². The van der Waals surface area contributed by atoms with Crippen molar-refractivity contribution in [3.63, 3.8) is 0 Å². The second-order valence-electron chi connectivity index (χ2n) is 7.69. The highest BCUT2D eigenvalue weighted by molar-refractivity contribution is 5.87. The van der Waals surface area contributed by atoms with E-state index in [1.165, 1.54) is 12.1 Å². The van der Waals surface area contributed by atoms with Gasteiger partial charge < -0.3 is 15.0 Å². The summed E-state index contributed by atoms with van der Waals surface area (Å²) < 4.78 is 18.8. The maximum Gasteiger partial charge on any atom is 0.242 e. The van der Waals surface area contributed by atoms with Crippen LogP contribution in [-0.4, -0.2) is 42.0 Å². The van der Waals surface area contributed by atoms with Gasteiger partial charge in [-0.3, -0.25) is 9.59 Å². The van der Waals surface area contributed by atoms with Crippen molar-refractivity contribution in [1.29, 1.82) is 0 Å². The van der Waals surface area contributed by atoms with E-state index in [2.05, 4.69) is 5.32 Å². The average Bonchev–Trinajstić information content (AvgIpc) is 3.29. The Morgan fingerprint density at radius 2 is 1.87 bits per heavy atom. The number of ether oxygens (including phenoxy) is 1. The number of aryl methyl sites for hydroxylation is 1. The van der Waals surface area contributed by atoms with Gasteiger partial charge in [0.05, 0.1) is 6.10 Å². The largest absolute Gasteiger partial charge is 0.376 e. The van der Waals surface area contributed by atoms with Crippen molar-refractivity contribution >= 4 is 11.8 Å². The number of carbonyl (C=O) groups is 2. The molecule has 30 heavy (non-hydrogen) atoms. The topological polar surface area (TPSA) is 58.6 Å². The van der Waals surface area contributed by atoms with Crippen molar-refractivity contribution in [2.24, 2.45) is 0 Å². The zero-order valence-corrected chi connectivity index (χ0v) is 17.4. The predicted octanol–water partition coefficient (Wildman–Crippen LogP) is 3.47. The van der Waals surface area contributed by atoms with Gasteiger partial charge in [0.15, 0.2) is 0 Å². The molecule has 2 aromatic rings. The van der Waals surface area contributed by atoms with Crippen molar-refractivity contribution in [2.45, 2.75) is 51.3 Å². The molecule has 0 bridgehead atoms. The van der Waals surface area contributed by atoms with E-state index in [0.29, 0.717) is 19.4 Å². The molecule has 3 rings (SSSR count). The van der Waals surface area contributed by atoms with Gasteiger partial charge in [0.2, 0.25) is 11.8 Å². The number of carbonyl (C=O) groups excluding carboxylic acids is 2. The smallest absolute Gasteiger partial charge is 0.242 e. The fourth-order valence-electron chi connectivity index (χ4n) is 3.58. The van der Waals surface area contributed by atoms with Crippen LogP contribution < -0.4 is 5.32 Å². The Bertz CT molecular complexity index is 820. The van der Waals surface area contributed by atoms with Crippen molar-refractivity contribution < 1.29 is 18.7 Å². The van der Waals surface area contributed by atoms with E-state index < -0.39 is 6.04 Å². The molecule has 1 N–H and O–H groups in total. The Balaban J connectivity index is 1.65. The van der Waals surface area contributed by atoms with Gasteiger partial charge in [0, 0.05) is 26.1 Å². The zero-order chi connectivity index (χ0) is 21.3. The molecule has 0 spiro atoms. The summed E-state index contributed by atoms with van der Waals surface area (Å²) in [6.07, 6.45) is 2.88. The number of hydrogen-bond acceptors (Lipinski definition) is 3. The summed E-state index contributed by atoms with van der Waals surface area (Å²) in [5.41, 5.74) is 1.85. The van der Waals surface area contributed by atoms with Crippen LogP contribution in [0.1, 0.15) is 37.3 Å². The summed E-state index contributed by atoms with van der Waals surface area (Å²) in [6.45, 7) is 3.16. The second-order valence-corrected chi connectivity index (χ2v) is 7.69. The summed E-state index contributed by atoms with van der Waals surface area (Å²) in [4.78, 5) is 27.4. The number of benzene rings is 2. The molecule has 0 radical (unpaired) electrons. The van der Waals surface area contributed by atoms with Gasteiger partial charge in [-0.15, -0.1) is 0 Å². The van der Waals surface area contributed by atoms with Gasteiger partial charge >= 0.3 is 0 Å². The summed E-state index contributed by atoms with van der Waals surface area (Å²) in [5, 5.41) is 2.91. The standard InChI is InChI=1S/C24H29FN2O3/c1-18(24(29)26-16-22-8-5-15-30-22)27(17-20-9-12-21(25)13-10-20)23(28)14-11-19-6-3-2-4-7-19/h2-4,6-7,9-10,12-13,18,22H,5,8,11,14-17H2,1H3,(H,26,29). The van der Waals surface area contributed by atoms with Crippen molar-refractivity contribution in [3.8, 4) is 0 Å². The van der Waals surface area contributed by atoms with Crippen LogP contribution in [0.15, 0.2) is 54.6 Å². The number of hydrogen-bond donors (Lipinski definition) is 1. The maximum absolute atomic E-state index is 13.3. The Morgan fingerprint density at radius 1 is 1.13 bits per heavy atom. The minimum atomic E-state index is -0.639. The lowest BCUT2D eigenvalue weighted by Gasteiger charge is -2.29. The fraction of sp³-hybridized carbons (Fsp3) is 0.417. The minimum Gasteiger partial charge on any atom is -0.376 e. The monoisotopic (exact) mass is 412 g/mol. The molecule has 2 aromatic carbocycles. The summed E-state index contributed by atoms with van der Waals surface area (Å²) >= 11 is 0. The van der Waals surface area contributed by atoms with Crippen molar-refractivity contribution in [2.75, 3.05) is 13.2 Å². The molecular weight excluding hydrogens is 383 g/mol. The van der Waals surface area contributed by atoms with Crippen molar-refractivity contribution in [1.82, 2.24) is 10.2 Å². The SMILES string of the molecule is CC(C(=O)NCC1CCCO1)N(Cc1ccc(F)cc1)C(=O)CCc1ccccc1. The molecule has 5 nitrogen and oxygen atoms in total. The second kappa shape index (κ2) is 10.9. The molecule has 0 aliphatic carbocycles. The van der Waals surface area contributed by atoms with E-state index in [4.69, 9.17) is 4.74 Å². The van der Waals surface area contributed by atoms with E-state index in [9.17, 15) is 14.0 Å². The number of nitrogens with zero attached hydrogens (tertiary/aromatic N) is 1. The first-order valence-corrected chi connectivity index (χ1v) is 10.5. The quantitative estimate of drug-likeness (QED) is 0.686. The maximum atomic E-state index is 13.3. The van der Waals surface area contributed by atoms with Gasteiger partial charge in [0.1, 0.15) is 11.9 Å². The molecule has 2 amide bonds.